The molecular formula is C16H18FNO2. The van der Waals surface area contributed by atoms with Crippen LogP contribution in [0.4, 0.5) is 4.39 Å². The Morgan fingerprint density at radius 2 is 2.25 bits per heavy atom. The fourth-order valence-electron chi connectivity index (χ4n) is 2.18. The Hall–Kier alpha value is -1.86. The number of nitrogens with zero attached hydrogens (tertiary/aromatic N) is 1. The van der Waals surface area contributed by atoms with Crippen molar-refractivity contribution in [2.24, 2.45) is 5.92 Å². The summed E-state index contributed by atoms with van der Waals surface area (Å²) in [5.74, 6) is 4.84. The van der Waals surface area contributed by atoms with Crippen molar-refractivity contribution in [2.75, 3.05) is 13.7 Å². The van der Waals surface area contributed by atoms with E-state index >= 15 is 0 Å². The molecule has 1 amide bonds. The summed E-state index contributed by atoms with van der Waals surface area (Å²) >= 11 is 0. The number of hydrogen-bond donors (Lipinski definition) is 1. The van der Waals surface area contributed by atoms with Gasteiger partial charge in [0, 0.05) is 18.7 Å². The van der Waals surface area contributed by atoms with Gasteiger partial charge < -0.3 is 10.0 Å². The molecule has 3 nitrogen and oxygen atoms in total. The first kappa shape index (κ1) is 14.5. The largest absolute Gasteiger partial charge is 0.384 e. The predicted octanol–water partition coefficient (Wildman–Crippen LogP) is 2.04. The Morgan fingerprint density at radius 3 is 2.85 bits per heavy atom. The van der Waals surface area contributed by atoms with Gasteiger partial charge in [0.05, 0.1) is 5.56 Å². The second kappa shape index (κ2) is 6.06. The molecule has 1 atom stereocenters. The number of amides is 1. The maximum absolute atomic E-state index is 13.8. The van der Waals surface area contributed by atoms with Gasteiger partial charge in [-0.1, -0.05) is 11.8 Å². The van der Waals surface area contributed by atoms with Gasteiger partial charge in [0.2, 0.25) is 0 Å². The van der Waals surface area contributed by atoms with Crippen LogP contribution in [0.3, 0.4) is 0 Å². The zero-order valence-corrected chi connectivity index (χ0v) is 11.7. The van der Waals surface area contributed by atoms with Crippen LogP contribution in [0.2, 0.25) is 0 Å². The van der Waals surface area contributed by atoms with Crippen molar-refractivity contribution < 1.29 is 14.3 Å². The Balaban J connectivity index is 2.23. The lowest BCUT2D eigenvalue weighted by Crippen LogP contribution is -2.36. The van der Waals surface area contributed by atoms with Gasteiger partial charge in [-0.05, 0) is 43.9 Å². The first-order chi connectivity index (χ1) is 9.54. The molecule has 0 spiro atoms. The van der Waals surface area contributed by atoms with Crippen molar-refractivity contribution in [1.82, 2.24) is 4.90 Å². The quantitative estimate of drug-likeness (QED) is 0.858. The van der Waals surface area contributed by atoms with Crippen molar-refractivity contribution in [1.29, 1.82) is 0 Å². The third-order valence-corrected chi connectivity index (χ3v) is 3.74. The predicted molar refractivity (Wildman–Crippen MR) is 74.6 cm³/mol. The minimum absolute atomic E-state index is 0.0322. The van der Waals surface area contributed by atoms with E-state index in [1.165, 1.54) is 18.2 Å². The molecular weight excluding hydrogens is 257 g/mol. The average molecular weight is 275 g/mol. The second-order valence-electron chi connectivity index (χ2n) is 5.15. The highest BCUT2D eigenvalue weighted by atomic mass is 19.1. The van der Waals surface area contributed by atoms with E-state index in [0.717, 1.165) is 12.8 Å². The van der Waals surface area contributed by atoms with E-state index in [4.69, 9.17) is 5.11 Å². The Bertz CT molecular complexity index is 570. The lowest BCUT2D eigenvalue weighted by atomic mass is 10.1. The van der Waals surface area contributed by atoms with Crippen LogP contribution in [0.1, 0.15) is 35.7 Å². The number of carbonyl (C=O) groups excluding carboxylic acids is 1. The van der Waals surface area contributed by atoms with E-state index < -0.39 is 5.82 Å². The van der Waals surface area contributed by atoms with Gasteiger partial charge in [0.25, 0.3) is 5.91 Å². The monoisotopic (exact) mass is 275 g/mol. The normalized spacial score (nSPS) is 15.2. The number of aliphatic hydroxyl groups is 1. The summed E-state index contributed by atoms with van der Waals surface area (Å²) in [5, 5.41) is 8.67. The summed E-state index contributed by atoms with van der Waals surface area (Å²) in [7, 11) is 1.71. The summed E-state index contributed by atoms with van der Waals surface area (Å²) in [6.45, 7) is 1.72. The van der Waals surface area contributed by atoms with Crippen LogP contribution >= 0.6 is 0 Å². The van der Waals surface area contributed by atoms with Crippen molar-refractivity contribution in [2.45, 2.75) is 25.8 Å². The molecule has 4 heteroatoms. The van der Waals surface area contributed by atoms with Gasteiger partial charge >= 0.3 is 0 Å². The molecule has 0 bridgehead atoms. The topological polar surface area (TPSA) is 40.5 Å². The average Bonchev–Trinajstić information content (AvgIpc) is 3.28. The standard InChI is InChI=1S/C16H18FNO2/c1-11(13-6-7-13)18(2)16(20)14-10-12(4-3-9-19)5-8-15(14)17/h5,8,10-11,13,19H,6-7,9H2,1-2H3. The SMILES string of the molecule is CC(C1CC1)N(C)C(=O)c1cc(C#CCO)ccc1F. The van der Waals surface area contributed by atoms with Crippen LogP contribution in [0.25, 0.3) is 0 Å². The summed E-state index contributed by atoms with van der Waals surface area (Å²) in [5.41, 5.74) is 0.556. The lowest BCUT2D eigenvalue weighted by molar-refractivity contribution is 0.0722. The van der Waals surface area contributed by atoms with Gasteiger partial charge in [-0.15, -0.1) is 0 Å². The highest BCUT2D eigenvalue weighted by molar-refractivity contribution is 5.95. The first-order valence-corrected chi connectivity index (χ1v) is 6.71. The molecule has 1 saturated carbocycles. The van der Waals surface area contributed by atoms with Gasteiger partial charge in [0.15, 0.2) is 0 Å². The molecule has 2 rings (SSSR count). The molecule has 0 aromatic heterocycles. The summed E-state index contributed by atoms with van der Waals surface area (Å²) in [6.07, 6.45) is 2.26. The third kappa shape index (κ3) is 3.17. The van der Waals surface area contributed by atoms with E-state index in [0.29, 0.717) is 11.5 Å². The van der Waals surface area contributed by atoms with Gasteiger partial charge in [-0.3, -0.25) is 4.79 Å². The number of hydrogen-bond acceptors (Lipinski definition) is 2. The minimum Gasteiger partial charge on any atom is -0.384 e. The molecule has 0 aliphatic heterocycles. The van der Waals surface area contributed by atoms with Crippen LogP contribution in [0.5, 0.6) is 0 Å². The molecule has 106 valence electrons. The van der Waals surface area contributed by atoms with E-state index in [2.05, 4.69) is 11.8 Å². The van der Waals surface area contributed by atoms with Gasteiger partial charge in [-0.2, -0.15) is 0 Å². The Labute approximate surface area is 118 Å². The zero-order chi connectivity index (χ0) is 14.7. The molecule has 1 aliphatic rings. The van der Waals surface area contributed by atoms with Crippen LogP contribution in [-0.2, 0) is 0 Å². The number of halogens is 1. The van der Waals surface area contributed by atoms with Crippen LogP contribution in [0.15, 0.2) is 18.2 Å². The summed E-state index contributed by atoms with van der Waals surface area (Å²) in [6, 6.07) is 4.30. The fourth-order valence-corrected chi connectivity index (χ4v) is 2.18. The molecule has 1 N–H and O–H groups in total. The molecule has 0 saturated heterocycles. The maximum atomic E-state index is 13.8. The van der Waals surface area contributed by atoms with E-state index in [-0.39, 0.29) is 24.1 Å². The molecule has 0 heterocycles. The van der Waals surface area contributed by atoms with Crippen molar-refractivity contribution >= 4 is 5.91 Å². The number of rotatable bonds is 3. The van der Waals surface area contributed by atoms with E-state index in [9.17, 15) is 9.18 Å². The molecule has 0 radical (unpaired) electrons. The minimum atomic E-state index is -0.542. The molecule has 1 aliphatic carbocycles. The van der Waals surface area contributed by atoms with Gasteiger partial charge in [-0.25, -0.2) is 4.39 Å². The van der Waals surface area contributed by atoms with Gasteiger partial charge in [0.1, 0.15) is 12.4 Å². The number of benzene rings is 1. The number of carbonyl (C=O) groups is 1. The smallest absolute Gasteiger partial charge is 0.256 e. The fraction of sp³-hybridized carbons (Fsp3) is 0.438. The van der Waals surface area contributed by atoms with Crippen LogP contribution in [0, 0.1) is 23.6 Å². The van der Waals surface area contributed by atoms with Crippen LogP contribution in [-0.4, -0.2) is 35.6 Å². The second-order valence-corrected chi connectivity index (χ2v) is 5.15. The highest BCUT2D eigenvalue weighted by Crippen LogP contribution is 2.35. The van der Waals surface area contributed by atoms with Crippen molar-refractivity contribution in [3.63, 3.8) is 0 Å². The first-order valence-electron chi connectivity index (χ1n) is 6.71. The van der Waals surface area contributed by atoms with Crippen molar-refractivity contribution in [3.05, 3.63) is 35.1 Å². The summed E-state index contributed by atoms with van der Waals surface area (Å²) in [4.78, 5) is 14.0. The van der Waals surface area contributed by atoms with Crippen LogP contribution < -0.4 is 0 Å². The Kier molecular flexibility index (Phi) is 4.41. The molecule has 20 heavy (non-hydrogen) atoms. The van der Waals surface area contributed by atoms with Crippen molar-refractivity contribution in [3.8, 4) is 11.8 Å². The Morgan fingerprint density at radius 1 is 1.55 bits per heavy atom. The third-order valence-electron chi connectivity index (χ3n) is 3.74. The lowest BCUT2D eigenvalue weighted by Gasteiger charge is -2.25. The molecule has 1 fully saturated rings. The zero-order valence-electron chi connectivity index (χ0n) is 11.7. The molecule has 1 aromatic rings. The highest BCUT2D eigenvalue weighted by Gasteiger charge is 2.33. The van der Waals surface area contributed by atoms with E-state index in [1.807, 2.05) is 6.92 Å². The molecule has 1 aromatic carbocycles. The molecule has 1 unspecified atom stereocenters. The van der Waals surface area contributed by atoms with E-state index in [1.54, 1.807) is 11.9 Å². The summed E-state index contributed by atoms with van der Waals surface area (Å²) < 4.78 is 13.8. The number of aliphatic hydroxyl groups excluding tert-OH is 1. The maximum Gasteiger partial charge on any atom is 0.256 e.